The molecule has 0 spiro atoms. The molecule has 0 aliphatic heterocycles. The number of hydrogen-bond acceptors (Lipinski definition) is 2. The summed E-state index contributed by atoms with van der Waals surface area (Å²) in [4.78, 5) is 11.1. The van der Waals surface area contributed by atoms with E-state index in [0.29, 0.717) is 12.0 Å². The molecule has 0 amide bonds. The highest BCUT2D eigenvalue weighted by Crippen LogP contribution is 2.43. The highest BCUT2D eigenvalue weighted by atomic mass is 19.3. The van der Waals surface area contributed by atoms with Crippen molar-refractivity contribution in [2.45, 2.75) is 18.8 Å². The predicted octanol–water partition coefficient (Wildman–Crippen LogP) is 1.47. The van der Waals surface area contributed by atoms with E-state index in [1.54, 1.807) is 6.07 Å². The quantitative estimate of drug-likeness (QED) is 0.479. The van der Waals surface area contributed by atoms with E-state index < -0.39 is 12.5 Å². The van der Waals surface area contributed by atoms with Gasteiger partial charge in [-0.1, -0.05) is 6.07 Å². The summed E-state index contributed by atoms with van der Waals surface area (Å²) in [6, 6.07) is 4.45. The van der Waals surface area contributed by atoms with Crippen LogP contribution in [0.4, 0.5) is 14.5 Å². The van der Waals surface area contributed by atoms with Gasteiger partial charge in [0.2, 0.25) is 0 Å². The van der Waals surface area contributed by atoms with Gasteiger partial charge in [-0.05, 0) is 24.0 Å². The zero-order chi connectivity index (χ0) is 12.6. The van der Waals surface area contributed by atoms with Crippen LogP contribution >= 0.6 is 0 Å². The van der Waals surface area contributed by atoms with Crippen LogP contribution in [-0.4, -0.2) is 22.5 Å². The fraction of sp³-hybridized carbons (Fsp3) is 0.364. The SMILES string of the molecule is N[N+](=O)c1ccc2c(c1)[C](C(F)(F)CO)CC2. The molecule has 6 heteroatoms. The van der Waals surface area contributed by atoms with Gasteiger partial charge < -0.3 is 5.11 Å². The standard InChI is InChI=1S/C11H12F2N2O2/c12-11(13,6-16)10-4-2-7-1-3-8(15(14)17)5-9(7)10/h1,3,5,16H,2,4,6H2,(H2,14,17)/q+1. The summed E-state index contributed by atoms with van der Waals surface area (Å²) in [5, 5.41) is 8.69. The van der Waals surface area contributed by atoms with Crippen molar-refractivity contribution in [2.24, 2.45) is 5.84 Å². The van der Waals surface area contributed by atoms with Gasteiger partial charge in [0.15, 0.2) is 4.87 Å². The largest absolute Gasteiger partial charge is 0.390 e. The first-order valence-electron chi connectivity index (χ1n) is 5.16. The molecule has 1 aliphatic carbocycles. The summed E-state index contributed by atoms with van der Waals surface area (Å²) in [6.07, 6.45) is 0.680. The zero-order valence-corrected chi connectivity index (χ0v) is 8.99. The lowest BCUT2D eigenvalue weighted by Gasteiger charge is -2.20. The van der Waals surface area contributed by atoms with Gasteiger partial charge in [-0.3, -0.25) is 0 Å². The third-order valence-corrected chi connectivity index (χ3v) is 2.96. The van der Waals surface area contributed by atoms with Crippen LogP contribution in [0.15, 0.2) is 18.2 Å². The van der Waals surface area contributed by atoms with E-state index in [0.717, 1.165) is 5.56 Å². The predicted molar refractivity (Wildman–Crippen MR) is 56.6 cm³/mol. The number of hydrazine groups is 1. The topological polar surface area (TPSA) is 66.3 Å². The van der Waals surface area contributed by atoms with E-state index in [2.05, 4.69) is 0 Å². The second kappa shape index (κ2) is 4.03. The maximum atomic E-state index is 13.5. The summed E-state index contributed by atoms with van der Waals surface area (Å²) in [5.74, 6) is 1.66. The first-order chi connectivity index (χ1) is 7.95. The Bertz CT molecular complexity index is 463. The van der Waals surface area contributed by atoms with Gasteiger partial charge in [0.25, 0.3) is 11.6 Å². The van der Waals surface area contributed by atoms with Crippen molar-refractivity contribution in [3.8, 4) is 0 Å². The Morgan fingerprint density at radius 1 is 1.41 bits per heavy atom. The van der Waals surface area contributed by atoms with E-state index in [4.69, 9.17) is 10.9 Å². The molecule has 4 nitrogen and oxygen atoms in total. The number of aliphatic hydroxyl groups is 1. The number of benzene rings is 1. The number of nitrogens with zero attached hydrogens (tertiary/aromatic N) is 1. The molecule has 0 saturated carbocycles. The molecule has 0 heterocycles. The van der Waals surface area contributed by atoms with Gasteiger partial charge in [0.1, 0.15) is 6.61 Å². The van der Waals surface area contributed by atoms with Crippen molar-refractivity contribution >= 4 is 5.69 Å². The molecular formula is C11H12F2N2O2+. The second-order valence-corrected chi connectivity index (χ2v) is 4.01. The third kappa shape index (κ3) is 2.00. The minimum Gasteiger partial charge on any atom is -0.390 e. The monoisotopic (exact) mass is 242 g/mol. The highest BCUT2D eigenvalue weighted by Gasteiger charge is 2.44. The third-order valence-electron chi connectivity index (χ3n) is 2.96. The summed E-state index contributed by atoms with van der Waals surface area (Å²) in [5.41, 5.74) is 1.20. The Kier molecular flexibility index (Phi) is 2.82. The first-order valence-corrected chi connectivity index (χ1v) is 5.16. The van der Waals surface area contributed by atoms with Crippen molar-refractivity contribution in [2.75, 3.05) is 6.61 Å². The van der Waals surface area contributed by atoms with Gasteiger partial charge in [0.05, 0.1) is 10.8 Å². The Morgan fingerprint density at radius 3 is 2.71 bits per heavy atom. The number of nitrogens with two attached hydrogens (primary N) is 1. The first kappa shape index (κ1) is 11.9. The number of aliphatic hydroxyl groups excluding tert-OH is 1. The average molecular weight is 242 g/mol. The Labute approximate surface area is 96.6 Å². The maximum absolute atomic E-state index is 13.5. The number of alkyl halides is 2. The van der Waals surface area contributed by atoms with Crippen molar-refractivity contribution < 1.29 is 18.8 Å². The van der Waals surface area contributed by atoms with E-state index in [-0.39, 0.29) is 22.9 Å². The molecule has 1 radical (unpaired) electrons. The molecule has 0 fully saturated rings. The van der Waals surface area contributed by atoms with Crippen LogP contribution in [0.25, 0.3) is 0 Å². The molecule has 0 atom stereocenters. The molecule has 17 heavy (non-hydrogen) atoms. The number of nitroso groups, excluding NO2 is 1. The van der Waals surface area contributed by atoms with Crippen LogP contribution in [0, 0.1) is 10.8 Å². The summed E-state index contributed by atoms with van der Waals surface area (Å²) in [6.45, 7) is -1.23. The molecule has 3 N–H and O–H groups in total. The fourth-order valence-electron chi connectivity index (χ4n) is 2.07. The lowest BCUT2D eigenvalue weighted by molar-refractivity contribution is -0.474. The number of halogens is 2. The average Bonchev–Trinajstić information content (AvgIpc) is 2.72. The van der Waals surface area contributed by atoms with Crippen molar-refractivity contribution in [1.82, 2.24) is 0 Å². The molecule has 91 valence electrons. The minimum atomic E-state index is -3.24. The number of aryl methyl sites for hydroxylation is 1. The molecule has 0 unspecified atom stereocenters. The molecular weight excluding hydrogens is 230 g/mol. The normalized spacial score (nSPS) is 15.9. The summed E-state index contributed by atoms with van der Waals surface area (Å²) in [7, 11) is 0. The molecule has 0 aromatic heterocycles. The van der Waals surface area contributed by atoms with Crippen LogP contribution in [0.2, 0.25) is 0 Å². The van der Waals surface area contributed by atoms with Gasteiger partial charge >= 0.3 is 0 Å². The van der Waals surface area contributed by atoms with Crippen molar-refractivity contribution in [3.05, 3.63) is 40.2 Å². The molecule has 1 aromatic carbocycles. The van der Waals surface area contributed by atoms with Gasteiger partial charge in [-0.15, -0.1) is 0 Å². The number of fused-ring (bicyclic) bond motifs is 1. The summed E-state index contributed by atoms with van der Waals surface area (Å²) >= 11 is 0. The van der Waals surface area contributed by atoms with Crippen LogP contribution in [0.3, 0.4) is 0 Å². The van der Waals surface area contributed by atoms with Crippen molar-refractivity contribution in [1.29, 1.82) is 0 Å². The molecule has 1 aromatic rings. The lowest BCUT2D eigenvalue weighted by Crippen LogP contribution is -2.30. The number of rotatable bonds is 3. The maximum Gasteiger partial charge on any atom is 0.291 e. The second-order valence-electron chi connectivity index (χ2n) is 4.01. The molecule has 0 saturated heterocycles. The van der Waals surface area contributed by atoms with E-state index in [1.165, 1.54) is 12.1 Å². The highest BCUT2D eigenvalue weighted by molar-refractivity contribution is 5.52. The lowest BCUT2D eigenvalue weighted by atomic mass is 9.94. The summed E-state index contributed by atoms with van der Waals surface area (Å²) < 4.78 is 26.9. The molecule has 0 bridgehead atoms. The van der Waals surface area contributed by atoms with Crippen LogP contribution < -0.4 is 5.84 Å². The van der Waals surface area contributed by atoms with Gasteiger partial charge in [0, 0.05) is 12.1 Å². The minimum absolute atomic E-state index is 0.122. The van der Waals surface area contributed by atoms with Crippen LogP contribution in [0.5, 0.6) is 0 Å². The van der Waals surface area contributed by atoms with Crippen LogP contribution in [-0.2, 0) is 6.42 Å². The number of hydrogen-bond donors (Lipinski definition) is 2. The Hall–Kier alpha value is -1.56. The van der Waals surface area contributed by atoms with E-state index in [9.17, 15) is 13.7 Å². The van der Waals surface area contributed by atoms with E-state index >= 15 is 0 Å². The van der Waals surface area contributed by atoms with Crippen molar-refractivity contribution in [3.63, 3.8) is 0 Å². The van der Waals surface area contributed by atoms with Gasteiger partial charge in [-0.2, -0.15) is 5.84 Å². The van der Waals surface area contributed by atoms with E-state index in [1.807, 2.05) is 0 Å². The molecule has 1 aliphatic rings. The smallest absolute Gasteiger partial charge is 0.291 e. The molecule has 2 rings (SSSR count). The van der Waals surface area contributed by atoms with Crippen LogP contribution in [0.1, 0.15) is 17.5 Å². The zero-order valence-electron chi connectivity index (χ0n) is 8.99. The fourth-order valence-corrected chi connectivity index (χ4v) is 2.07. The Morgan fingerprint density at radius 2 is 2.12 bits per heavy atom. The Balaban J connectivity index is 2.42. The van der Waals surface area contributed by atoms with Gasteiger partial charge in [-0.25, -0.2) is 8.78 Å².